The van der Waals surface area contributed by atoms with E-state index in [0.29, 0.717) is 34.9 Å². The predicted octanol–water partition coefficient (Wildman–Crippen LogP) is 7.00. The third kappa shape index (κ3) is 5.07. The van der Waals surface area contributed by atoms with Gasteiger partial charge in [0.25, 0.3) is 0 Å². The van der Waals surface area contributed by atoms with Gasteiger partial charge in [-0.15, -0.1) is 12.4 Å². The number of likely N-dealkylation sites (tertiary alicyclic amines) is 1. The first-order valence-corrected chi connectivity index (χ1v) is 14.7. The number of esters is 1. The number of allylic oxidation sites excluding steroid dienone is 2. The van der Waals surface area contributed by atoms with Crippen LogP contribution >= 0.6 is 12.4 Å². The number of carbonyl (C=O) groups is 2. The Kier molecular flexibility index (Phi) is 8.10. The van der Waals surface area contributed by atoms with E-state index in [1.54, 1.807) is 6.92 Å². The van der Waals surface area contributed by atoms with E-state index >= 15 is 0 Å². The molecular formula is C31H50ClNO3. The first-order chi connectivity index (χ1) is 16.5. The topological polar surface area (TPSA) is 46.6 Å². The van der Waals surface area contributed by atoms with Crippen molar-refractivity contribution in [3.8, 4) is 0 Å². The summed E-state index contributed by atoms with van der Waals surface area (Å²) < 4.78 is 6.08. The van der Waals surface area contributed by atoms with Gasteiger partial charge in [-0.25, -0.2) is 0 Å². The van der Waals surface area contributed by atoms with Crippen molar-refractivity contribution in [3.05, 3.63) is 11.6 Å². The molecular weight excluding hydrogens is 470 g/mol. The summed E-state index contributed by atoms with van der Waals surface area (Å²) in [6, 6.07) is 0. The molecule has 4 aliphatic carbocycles. The van der Waals surface area contributed by atoms with Crippen LogP contribution in [0.5, 0.6) is 0 Å². The second kappa shape index (κ2) is 10.4. The van der Waals surface area contributed by atoms with Crippen LogP contribution in [0, 0.1) is 39.9 Å². The molecule has 0 amide bonds. The molecule has 0 aromatic rings. The predicted molar refractivity (Wildman–Crippen MR) is 147 cm³/mol. The smallest absolute Gasteiger partial charge is 0.307 e. The standard InChI is InChI=1S/C31H49NO3.ClH/c1-21(33)25-9-10-26-24-8-7-22-19-23(11-15-30(22,4)27(24)12-16-31(25,26)5)35-28(34)13-18-32-17-6-14-29(2,3)20-32;/h9,22-24,26-27H,6-8,10-20H2,1-5H3;1H/t22-,23?,24?,26?,27?,30-,31+;/m0./s1. The summed E-state index contributed by atoms with van der Waals surface area (Å²) in [4.78, 5) is 27.5. The summed E-state index contributed by atoms with van der Waals surface area (Å²) in [6.45, 7) is 14.4. The van der Waals surface area contributed by atoms with Crippen LogP contribution in [0.4, 0.5) is 0 Å². The lowest BCUT2D eigenvalue weighted by atomic mass is 9.44. The molecule has 204 valence electrons. The number of halogens is 1. The van der Waals surface area contributed by atoms with Gasteiger partial charge in [0.2, 0.25) is 0 Å². The van der Waals surface area contributed by atoms with E-state index in [2.05, 4.69) is 38.7 Å². The zero-order valence-corrected chi connectivity index (χ0v) is 24.3. The fourth-order valence-corrected chi connectivity index (χ4v) is 9.67. The Morgan fingerprint density at radius 2 is 1.81 bits per heavy atom. The SMILES string of the molecule is CC(=O)C1=CCC2C3CC[C@H]4CC(OC(=O)CCN5CCCC(C)(C)C5)CC[C@]4(C)C3CC[C@]12C.Cl. The molecule has 4 unspecified atom stereocenters. The van der Waals surface area contributed by atoms with E-state index in [9.17, 15) is 9.59 Å². The maximum Gasteiger partial charge on any atom is 0.307 e. The van der Waals surface area contributed by atoms with E-state index in [1.165, 1.54) is 38.5 Å². The lowest BCUT2D eigenvalue weighted by Crippen LogP contribution is -2.54. The minimum atomic E-state index is 0. The third-order valence-electron chi connectivity index (χ3n) is 11.5. The van der Waals surface area contributed by atoms with Gasteiger partial charge in [-0.3, -0.25) is 9.59 Å². The van der Waals surface area contributed by atoms with Crippen LogP contribution in [-0.2, 0) is 14.3 Å². The van der Waals surface area contributed by atoms with Crippen LogP contribution in [0.3, 0.4) is 0 Å². The van der Waals surface area contributed by atoms with Crippen LogP contribution in [0.15, 0.2) is 11.6 Å². The Labute approximate surface area is 225 Å². The van der Waals surface area contributed by atoms with Gasteiger partial charge in [0.1, 0.15) is 6.10 Å². The van der Waals surface area contributed by atoms with Crippen molar-refractivity contribution in [1.82, 2.24) is 4.90 Å². The summed E-state index contributed by atoms with van der Waals surface area (Å²) in [7, 11) is 0. The third-order valence-corrected chi connectivity index (χ3v) is 11.5. The van der Waals surface area contributed by atoms with Gasteiger partial charge < -0.3 is 9.64 Å². The van der Waals surface area contributed by atoms with Gasteiger partial charge >= 0.3 is 5.97 Å². The molecule has 5 heteroatoms. The van der Waals surface area contributed by atoms with Crippen LogP contribution < -0.4 is 0 Å². The number of hydrogen-bond acceptors (Lipinski definition) is 4. The monoisotopic (exact) mass is 519 g/mol. The van der Waals surface area contributed by atoms with Crippen molar-refractivity contribution in [2.75, 3.05) is 19.6 Å². The van der Waals surface area contributed by atoms with Gasteiger partial charge in [-0.2, -0.15) is 0 Å². The van der Waals surface area contributed by atoms with E-state index in [0.717, 1.165) is 62.7 Å². The summed E-state index contributed by atoms with van der Waals surface area (Å²) in [5.74, 6) is 3.13. The lowest BCUT2D eigenvalue weighted by Gasteiger charge is -2.60. The number of nitrogens with zero attached hydrogens (tertiary/aromatic N) is 1. The number of ketones is 1. The molecule has 1 heterocycles. The zero-order valence-electron chi connectivity index (χ0n) is 23.4. The number of ether oxygens (including phenoxy) is 1. The Morgan fingerprint density at radius 3 is 2.53 bits per heavy atom. The minimum absolute atomic E-state index is 0. The highest BCUT2D eigenvalue weighted by Crippen LogP contribution is 2.66. The van der Waals surface area contributed by atoms with Crippen molar-refractivity contribution in [2.45, 2.75) is 111 Å². The maximum atomic E-state index is 12.7. The molecule has 0 spiro atoms. The van der Waals surface area contributed by atoms with Crippen molar-refractivity contribution in [3.63, 3.8) is 0 Å². The molecule has 4 nitrogen and oxygen atoms in total. The number of hydrogen-bond donors (Lipinski definition) is 0. The molecule has 5 aliphatic rings. The molecule has 0 radical (unpaired) electrons. The van der Waals surface area contributed by atoms with E-state index in [4.69, 9.17) is 4.74 Å². The number of carbonyl (C=O) groups excluding carboxylic acids is 2. The molecule has 1 saturated heterocycles. The van der Waals surface area contributed by atoms with Crippen LogP contribution in [-0.4, -0.2) is 42.4 Å². The highest BCUT2D eigenvalue weighted by atomic mass is 35.5. The quantitative estimate of drug-likeness (QED) is 0.367. The molecule has 4 fully saturated rings. The van der Waals surface area contributed by atoms with Gasteiger partial charge in [-0.05, 0) is 123 Å². The Balaban J connectivity index is 0.00000304. The van der Waals surface area contributed by atoms with Gasteiger partial charge in [0, 0.05) is 13.1 Å². The Morgan fingerprint density at radius 1 is 1.03 bits per heavy atom. The molecule has 3 saturated carbocycles. The molecule has 1 aliphatic heterocycles. The van der Waals surface area contributed by atoms with Crippen LogP contribution in [0.25, 0.3) is 0 Å². The van der Waals surface area contributed by atoms with Crippen molar-refractivity contribution >= 4 is 24.2 Å². The van der Waals surface area contributed by atoms with Gasteiger partial charge in [-0.1, -0.05) is 33.8 Å². The molecule has 0 N–H and O–H groups in total. The number of Topliss-reactive ketones (excluding diaryl/α,β-unsaturated/α-hetero) is 1. The fraction of sp³-hybridized carbons (Fsp3) is 0.871. The molecule has 5 rings (SSSR count). The second-order valence-electron chi connectivity index (χ2n) is 14.2. The molecule has 7 atom stereocenters. The van der Waals surface area contributed by atoms with Gasteiger partial charge in [0.05, 0.1) is 6.42 Å². The lowest BCUT2D eigenvalue weighted by molar-refractivity contribution is -0.161. The van der Waals surface area contributed by atoms with E-state index in [1.807, 2.05) is 0 Å². The van der Waals surface area contributed by atoms with Gasteiger partial charge in [0.15, 0.2) is 5.78 Å². The summed E-state index contributed by atoms with van der Waals surface area (Å²) in [5, 5.41) is 0. The molecule has 0 aromatic heterocycles. The average Bonchev–Trinajstić information content (AvgIpc) is 3.15. The van der Waals surface area contributed by atoms with E-state index < -0.39 is 0 Å². The van der Waals surface area contributed by atoms with Crippen LogP contribution in [0.2, 0.25) is 0 Å². The first-order valence-electron chi connectivity index (χ1n) is 14.7. The fourth-order valence-electron chi connectivity index (χ4n) is 9.67. The average molecular weight is 520 g/mol. The van der Waals surface area contributed by atoms with Crippen molar-refractivity contribution < 1.29 is 14.3 Å². The summed E-state index contributed by atoms with van der Waals surface area (Å²) >= 11 is 0. The Bertz CT molecular complexity index is 883. The zero-order chi connectivity index (χ0) is 25.0. The number of fused-ring (bicyclic) bond motifs is 5. The summed E-state index contributed by atoms with van der Waals surface area (Å²) in [5.41, 5.74) is 1.96. The minimum Gasteiger partial charge on any atom is -0.462 e. The van der Waals surface area contributed by atoms with Crippen LogP contribution in [0.1, 0.15) is 105 Å². The Hall–Kier alpha value is -0.870. The molecule has 0 bridgehead atoms. The number of rotatable bonds is 5. The number of piperidine rings is 1. The molecule has 0 aromatic carbocycles. The molecule has 36 heavy (non-hydrogen) atoms. The largest absolute Gasteiger partial charge is 0.462 e. The second-order valence-corrected chi connectivity index (χ2v) is 14.2. The van der Waals surface area contributed by atoms with E-state index in [-0.39, 0.29) is 29.9 Å². The highest BCUT2D eigenvalue weighted by molar-refractivity contribution is 5.95. The van der Waals surface area contributed by atoms with Crippen molar-refractivity contribution in [2.24, 2.45) is 39.9 Å². The maximum absolute atomic E-state index is 12.7. The first kappa shape index (κ1) is 28.1. The normalized spacial score (nSPS) is 41.7. The van der Waals surface area contributed by atoms with Crippen molar-refractivity contribution in [1.29, 1.82) is 0 Å². The summed E-state index contributed by atoms with van der Waals surface area (Å²) in [6.07, 6.45) is 14.8. The highest BCUT2D eigenvalue weighted by Gasteiger charge is 2.59.